The van der Waals surface area contributed by atoms with Crippen molar-refractivity contribution < 1.29 is 19.2 Å². The van der Waals surface area contributed by atoms with Crippen LogP contribution in [0.2, 0.25) is 0 Å². The van der Waals surface area contributed by atoms with Gasteiger partial charge in [-0.1, -0.05) is 11.2 Å². The molecule has 128 valence electrons. The molecule has 7 nitrogen and oxygen atoms in total. The van der Waals surface area contributed by atoms with Gasteiger partial charge in [0.2, 0.25) is 17.6 Å². The van der Waals surface area contributed by atoms with Crippen molar-refractivity contribution in [3.05, 3.63) is 23.4 Å². The molecule has 1 atom stereocenters. The summed E-state index contributed by atoms with van der Waals surface area (Å²) in [7, 11) is 0. The zero-order valence-electron chi connectivity index (χ0n) is 13.4. The van der Waals surface area contributed by atoms with Crippen LogP contribution in [0.5, 0.6) is 0 Å². The Hall–Kier alpha value is -2.22. The summed E-state index contributed by atoms with van der Waals surface area (Å²) in [6.07, 6.45) is 1.90. The van der Waals surface area contributed by atoms with Gasteiger partial charge in [0.05, 0.1) is 10.3 Å². The van der Waals surface area contributed by atoms with Crippen LogP contribution in [0.25, 0.3) is 10.7 Å². The Morgan fingerprint density at radius 1 is 1.50 bits per heavy atom. The number of hydrogen-bond donors (Lipinski definition) is 1. The summed E-state index contributed by atoms with van der Waals surface area (Å²) < 4.78 is 5.19. The zero-order chi connectivity index (χ0) is 17.2. The minimum Gasteiger partial charge on any atom is -0.481 e. The molecule has 0 saturated carbocycles. The minimum atomic E-state index is -0.856. The van der Waals surface area contributed by atoms with E-state index in [0.717, 1.165) is 4.88 Å². The quantitative estimate of drug-likeness (QED) is 0.890. The number of thiophene rings is 1. The standard InChI is InChI=1S/C16H19N3O4S/c1-16(15(21)22)7-3-8-19(10-16)13(20)6-5-12-17-14(18-23-12)11-4-2-9-24-11/h2,4,9H,3,5-8,10H2,1H3,(H,21,22). The Morgan fingerprint density at radius 3 is 3.04 bits per heavy atom. The Morgan fingerprint density at radius 2 is 2.33 bits per heavy atom. The number of rotatable bonds is 5. The van der Waals surface area contributed by atoms with E-state index in [0.29, 0.717) is 37.5 Å². The number of hydrogen-bond acceptors (Lipinski definition) is 6. The summed E-state index contributed by atoms with van der Waals surface area (Å²) in [5.41, 5.74) is -0.856. The van der Waals surface area contributed by atoms with E-state index in [1.54, 1.807) is 11.8 Å². The fraction of sp³-hybridized carbons (Fsp3) is 0.500. The second-order valence-electron chi connectivity index (χ2n) is 6.27. The second kappa shape index (κ2) is 6.72. The number of aromatic nitrogens is 2. The van der Waals surface area contributed by atoms with Crippen molar-refractivity contribution >= 4 is 23.2 Å². The highest BCUT2D eigenvalue weighted by Gasteiger charge is 2.39. The number of aryl methyl sites for hydroxylation is 1. The molecule has 3 heterocycles. The normalized spacial score (nSPS) is 21.0. The van der Waals surface area contributed by atoms with Crippen molar-refractivity contribution in [2.45, 2.75) is 32.6 Å². The summed E-state index contributed by atoms with van der Waals surface area (Å²) in [5, 5.41) is 15.2. The van der Waals surface area contributed by atoms with E-state index in [9.17, 15) is 14.7 Å². The predicted octanol–water partition coefficient (Wildman–Crippen LogP) is 2.44. The van der Waals surface area contributed by atoms with Gasteiger partial charge in [-0.3, -0.25) is 9.59 Å². The number of carboxylic acids is 1. The molecule has 1 aliphatic rings. The molecule has 3 rings (SSSR count). The number of carbonyl (C=O) groups is 2. The second-order valence-corrected chi connectivity index (χ2v) is 7.22. The average Bonchev–Trinajstić information content (AvgIpc) is 3.23. The summed E-state index contributed by atoms with van der Waals surface area (Å²) in [6.45, 7) is 2.55. The van der Waals surface area contributed by atoms with Gasteiger partial charge in [0, 0.05) is 25.9 Å². The molecule has 24 heavy (non-hydrogen) atoms. The Labute approximate surface area is 143 Å². The molecule has 1 aliphatic heterocycles. The molecule has 2 aromatic heterocycles. The van der Waals surface area contributed by atoms with Crippen LogP contribution < -0.4 is 0 Å². The van der Waals surface area contributed by atoms with Gasteiger partial charge in [-0.25, -0.2) is 0 Å². The highest BCUT2D eigenvalue weighted by atomic mass is 32.1. The summed E-state index contributed by atoms with van der Waals surface area (Å²) in [4.78, 5) is 30.6. The monoisotopic (exact) mass is 349 g/mol. The Balaban J connectivity index is 1.57. The van der Waals surface area contributed by atoms with Crippen molar-refractivity contribution in [2.24, 2.45) is 5.41 Å². The highest BCUT2D eigenvalue weighted by Crippen LogP contribution is 2.30. The largest absolute Gasteiger partial charge is 0.481 e. The van der Waals surface area contributed by atoms with Crippen molar-refractivity contribution in [3.8, 4) is 10.7 Å². The molecule has 0 radical (unpaired) electrons. The summed E-state index contributed by atoms with van der Waals surface area (Å²) in [5.74, 6) is 0.0316. The number of carboxylic acid groups (broad SMARTS) is 1. The molecule has 8 heteroatoms. The lowest BCUT2D eigenvalue weighted by Crippen LogP contribution is -2.48. The molecule has 0 spiro atoms. The molecule has 1 fully saturated rings. The molecule has 2 aromatic rings. The minimum absolute atomic E-state index is 0.0713. The average molecular weight is 349 g/mol. The van der Waals surface area contributed by atoms with Crippen molar-refractivity contribution in [1.29, 1.82) is 0 Å². The van der Waals surface area contributed by atoms with Gasteiger partial charge >= 0.3 is 5.97 Å². The van der Waals surface area contributed by atoms with Gasteiger partial charge in [-0.05, 0) is 31.2 Å². The third-order valence-corrected chi connectivity index (χ3v) is 5.19. The fourth-order valence-corrected chi connectivity index (χ4v) is 3.51. The molecule has 0 aliphatic carbocycles. The van der Waals surface area contributed by atoms with Crippen LogP contribution in [0.4, 0.5) is 0 Å². The third-order valence-electron chi connectivity index (χ3n) is 4.33. The topological polar surface area (TPSA) is 96.5 Å². The molecule has 1 saturated heterocycles. The van der Waals surface area contributed by atoms with Gasteiger partial charge < -0.3 is 14.5 Å². The highest BCUT2D eigenvalue weighted by molar-refractivity contribution is 7.13. The van der Waals surface area contributed by atoms with E-state index in [-0.39, 0.29) is 18.9 Å². The van der Waals surface area contributed by atoms with E-state index in [1.807, 2.05) is 17.5 Å². The molecule has 0 aromatic carbocycles. The lowest BCUT2D eigenvalue weighted by atomic mass is 9.82. The fourth-order valence-electron chi connectivity index (χ4n) is 2.86. The van der Waals surface area contributed by atoms with Crippen LogP contribution in [-0.4, -0.2) is 45.1 Å². The van der Waals surface area contributed by atoms with Crippen LogP contribution in [0, 0.1) is 5.41 Å². The van der Waals surface area contributed by atoms with E-state index in [1.165, 1.54) is 11.3 Å². The summed E-state index contributed by atoms with van der Waals surface area (Å²) in [6, 6.07) is 3.82. The first kappa shape index (κ1) is 16.6. The van der Waals surface area contributed by atoms with E-state index < -0.39 is 11.4 Å². The number of aliphatic carboxylic acids is 1. The van der Waals surface area contributed by atoms with Crippen LogP contribution in [0.1, 0.15) is 32.1 Å². The van der Waals surface area contributed by atoms with Crippen LogP contribution >= 0.6 is 11.3 Å². The first-order chi connectivity index (χ1) is 11.5. The lowest BCUT2D eigenvalue weighted by Gasteiger charge is -2.37. The number of carbonyl (C=O) groups excluding carboxylic acids is 1. The maximum Gasteiger partial charge on any atom is 0.311 e. The van der Waals surface area contributed by atoms with Gasteiger partial charge in [0.15, 0.2) is 0 Å². The number of likely N-dealkylation sites (tertiary alicyclic amines) is 1. The number of amides is 1. The van der Waals surface area contributed by atoms with Crippen LogP contribution in [0.3, 0.4) is 0 Å². The number of piperidine rings is 1. The first-order valence-electron chi connectivity index (χ1n) is 7.85. The first-order valence-corrected chi connectivity index (χ1v) is 8.73. The zero-order valence-corrected chi connectivity index (χ0v) is 14.2. The van der Waals surface area contributed by atoms with Gasteiger partial charge in [0.25, 0.3) is 0 Å². The Kier molecular flexibility index (Phi) is 4.66. The molecule has 1 unspecified atom stereocenters. The van der Waals surface area contributed by atoms with Crippen molar-refractivity contribution in [3.63, 3.8) is 0 Å². The van der Waals surface area contributed by atoms with E-state index in [4.69, 9.17) is 4.52 Å². The molecule has 1 N–H and O–H groups in total. The molecule has 0 bridgehead atoms. The SMILES string of the molecule is CC1(C(=O)O)CCCN(C(=O)CCc2nc(-c3cccs3)no2)C1. The maximum absolute atomic E-state index is 12.4. The van der Waals surface area contributed by atoms with Gasteiger partial charge in [-0.2, -0.15) is 4.98 Å². The van der Waals surface area contributed by atoms with Gasteiger partial charge in [0.1, 0.15) is 0 Å². The van der Waals surface area contributed by atoms with E-state index >= 15 is 0 Å². The lowest BCUT2D eigenvalue weighted by molar-refractivity contribution is -0.153. The smallest absolute Gasteiger partial charge is 0.311 e. The summed E-state index contributed by atoms with van der Waals surface area (Å²) >= 11 is 1.52. The van der Waals surface area contributed by atoms with Crippen LogP contribution in [0.15, 0.2) is 22.0 Å². The number of nitrogens with zero attached hydrogens (tertiary/aromatic N) is 3. The molecular weight excluding hydrogens is 330 g/mol. The van der Waals surface area contributed by atoms with Gasteiger partial charge in [-0.15, -0.1) is 11.3 Å². The van der Waals surface area contributed by atoms with Crippen LogP contribution in [-0.2, 0) is 16.0 Å². The third kappa shape index (κ3) is 3.48. The van der Waals surface area contributed by atoms with E-state index in [2.05, 4.69) is 10.1 Å². The Bertz CT molecular complexity index is 728. The molecular formula is C16H19N3O4S. The molecule has 1 amide bonds. The predicted molar refractivity (Wildman–Crippen MR) is 87.5 cm³/mol. The van der Waals surface area contributed by atoms with Crippen molar-refractivity contribution in [2.75, 3.05) is 13.1 Å². The maximum atomic E-state index is 12.4. The van der Waals surface area contributed by atoms with Crippen molar-refractivity contribution in [1.82, 2.24) is 15.0 Å².